The van der Waals surface area contributed by atoms with Gasteiger partial charge in [-0.3, -0.25) is 14.2 Å². The zero-order valence-electron chi connectivity index (χ0n) is 66.6. The van der Waals surface area contributed by atoms with Gasteiger partial charge in [0.15, 0.2) is 6.10 Å². The number of hydrogen-bond donors (Lipinski definition) is 0. The fourth-order valence-electron chi connectivity index (χ4n) is 10.5. The predicted molar refractivity (Wildman–Crippen MR) is 451 cm³/mol. The van der Waals surface area contributed by atoms with E-state index >= 15 is 0 Å². The second-order valence-electron chi connectivity index (χ2n) is 27.7. The lowest BCUT2D eigenvalue weighted by Crippen LogP contribution is -2.37. The van der Waals surface area contributed by atoms with Crippen molar-refractivity contribution in [1.29, 1.82) is 0 Å². The van der Waals surface area contributed by atoms with Gasteiger partial charge in [0, 0.05) is 12.8 Å². The van der Waals surface area contributed by atoms with Crippen molar-refractivity contribution in [3.05, 3.63) is 231 Å². The van der Waals surface area contributed by atoms with Crippen molar-refractivity contribution < 1.29 is 42.1 Å². The van der Waals surface area contributed by atoms with Crippen molar-refractivity contribution in [3.8, 4) is 0 Å². The van der Waals surface area contributed by atoms with Crippen molar-refractivity contribution in [2.45, 2.75) is 302 Å². The Labute approximate surface area is 639 Å². The maximum atomic E-state index is 12.9. The van der Waals surface area contributed by atoms with Gasteiger partial charge in [-0.05, 0) is 161 Å². The van der Waals surface area contributed by atoms with Gasteiger partial charge in [-0.1, -0.05) is 354 Å². The third kappa shape index (κ3) is 85.0. The summed E-state index contributed by atoms with van der Waals surface area (Å²) in [5.41, 5.74) is 0. The highest BCUT2D eigenvalue weighted by atomic mass is 31.2. The molecule has 104 heavy (non-hydrogen) atoms. The summed E-state index contributed by atoms with van der Waals surface area (Å²) in [6, 6.07) is 0. The lowest BCUT2D eigenvalue weighted by atomic mass is 10.0. The van der Waals surface area contributed by atoms with E-state index in [-0.39, 0.29) is 26.1 Å². The number of esters is 2. The Morgan fingerprint density at radius 3 is 0.769 bits per heavy atom. The average Bonchev–Trinajstić information content (AvgIpc) is 0.915. The fourth-order valence-corrected chi connectivity index (χ4v) is 11.2. The molecule has 584 valence electrons. The molecule has 10 heteroatoms. The molecule has 0 rings (SSSR count). The minimum absolute atomic E-state index is 0.0455. The van der Waals surface area contributed by atoms with E-state index in [0.29, 0.717) is 17.4 Å². The summed E-state index contributed by atoms with van der Waals surface area (Å²) in [4.78, 5) is 38.2. The van der Waals surface area contributed by atoms with Gasteiger partial charge in [0.05, 0.1) is 27.7 Å². The molecule has 0 saturated carbocycles. The van der Waals surface area contributed by atoms with Gasteiger partial charge in [0.2, 0.25) is 0 Å². The van der Waals surface area contributed by atoms with Crippen molar-refractivity contribution in [3.63, 3.8) is 0 Å². The summed E-state index contributed by atoms with van der Waals surface area (Å²) in [7, 11) is 1.13. The van der Waals surface area contributed by atoms with Crippen molar-refractivity contribution >= 4 is 19.8 Å². The van der Waals surface area contributed by atoms with Crippen molar-refractivity contribution in [2.75, 3.05) is 47.5 Å². The van der Waals surface area contributed by atoms with E-state index in [1.165, 1.54) is 83.5 Å². The first-order chi connectivity index (χ1) is 51.0. The molecule has 0 aliphatic carbocycles. The van der Waals surface area contributed by atoms with E-state index in [1.807, 2.05) is 21.1 Å². The minimum Gasteiger partial charge on any atom is -0.756 e. The zero-order chi connectivity index (χ0) is 75.4. The largest absolute Gasteiger partial charge is 0.756 e. The number of hydrogen-bond acceptors (Lipinski definition) is 8. The molecule has 0 heterocycles. The minimum atomic E-state index is -4.67. The first-order valence-electron chi connectivity index (χ1n) is 41.1. The van der Waals surface area contributed by atoms with Crippen LogP contribution in [0.15, 0.2) is 231 Å². The number of quaternary nitrogens is 1. The van der Waals surface area contributed by atoms with Gasteiger partial charge in [-0.15, -0.1) is 0 Å². The van der Waals surface area contributed by atoms with E-state index in [2.05, 4.69) is 245 Å². The highest BCUT2D eigenvalue weighted by Gasteiger charge is 2.22. The molecule has 0 aliphatic heterocycles. The molecule has 0 fully saturated rings. The molecule has 2 unspecified atom stereocenters. The van der Waals surface area contributed by atoms with E-state index in [9.17, 15) is 19.0 Å². The van der Waals surface area contributed by atoms with Gasteiger partial charge < -0.3 is 27.9 Å². The highest BCUT2D eigenvalue weighted by Crippen LogP contribution is 2.38. The number of ether oxygens (including phenoxy) is 2. The monoisotopic (exact) mass is 1450 g/mol. The smallest absolute Gasteiger partial charge is 0.306 e. The molecule has 0 amide bonds. The van der Waals surface area contributed by atoms with Gasteiger partial charge >= 0.3 is 11.9 Å². The van der Waals surface area contributed by atoms with Gasteiger partial charge in [0.25, 0.3) is 7.82 Å². The summed E-state index contributed by atoms with van der Waals surface area (Å²) >= 11 is 0. The molecule has 0 aromatic heterocycles. The van der Waals surface area contributed by atoms with E-state index < -0.39 is 32.5 Å². The van der Waals surface area contributed by atoms with Crippen LogP contribution in [0.25, 0.3) is 0 Å². The summed E-state index contributed by atoms with van der Waals surface area (Å²) in [6.45, 7) is 3.98. The number of allylic oxidation sites excluding steroid dienone is 38. The number of phosphoric acid groups is 1. The normalized spacial score (nSPS) is 14.2. The first-order valence-corrected chi connectivity index (χ1v) is 42.6. The van der Waals surface area contributed by atoms with Crippen LogP contribution in [0, 0.1) is 0 Å². The maximum absolute atomic E-state index is 12.9. The predicted octanol–water partition coefficient (Wildman–Crippen LogP) is 27.4. The number of carbonyl (C=O) groups excluding carboxylic acids is 2. The molecule has 0 aliphatic rings. The molecular weight excluding hydrogens is 1300 g/mol. The Morgan fingerprint density at radius 1 is 0.298 bits per heavy atom. The molecule has 0 radical (unpaired) electrons. The number of carbonyl (C=O) groups is 2. The summed E-state index contributed by atoms with van der Waals surface area (Å²) in [5, 5.41) is 0. The standard InChI is InChI=1S/C94H150NO8P/c1-6-8-10-12-14-16-18-20-22-24-26-28-30-32-34-36-38-40-42-44-46-47-49-50-52-54-56-58-60-62-64-66-68-70-72-74-76-78-80-82-84-86-93(96)100-90-92(91-102-104(98,99)101-89-88-95(3,4)5)103-94(97)87-85-83-81-79-77-75-73-71-69-67-65-63-61-59-57-55-53-51-48-45-43-41-39-37-35-33-31-29-27-25-23-21-19-17-15-13-11-9-7-2/h8-11,14-17,20-23,26-29,32-35,38-41,44-46,48-50,53,55,59,61,65,67,71,73,92H,6-7,12-13,18-19,24-25,30-31,36-37,42-43,47,51-52,54,56-58,60,62-64,66,68-70,72,74-91H2,1-5H3/b10-8-,11-9-,16-14-,17-15-,22-20-,23-21-,28-26-,29-27-,34-32-,35-33-,40-38-,41-39-,46-44-,48-45-,50-49-,55-53-,61-59-,67-65-,73-71-. The topological polar surface area (TPSA) is 111 Å². The lowest BCUT2D eigenvalue weighted by Gasteiger charge is -2.28. The second-order valence-corrected chi connectivity index (χ2v) is 29.1. The molecule has 0 aromatic carbocycles. The highest BCUT2D eigenvalue weighted by molar-refractivity contribution is 7.45. The Bertz CT molecular complexity index is 2620. The van der Waals surface area contributed by atoms with Crippen LogP contribution in [0.1, 0.15) is 296 Å². The van der Waals surface area contributed by atoms with Crippen LogP contribution in [0.3, 0.4) is 0 Å². The van der Waals surface area contributed by atoms with Gasteiger partial charge in [-0.2, -0.15) is 0 Å². The third-order valence-corrected chi connectivity index (χ3v) is 17.6. The number of rotatable bonds is 73. The average molecular weight is 1450 g/mol. The number of nitrogens with zero attached hydrogens (tertiary/aromatic N) is 1. The van der Waals surface area contributed by atoms with Crippen LogP contribution in [-0.4, -0.2) is 70.0 Å². The zero-order valence-corrected chi connectivity index (χ0v) is 67.5. The fraction of sp³-hybridized carbons (Fsp3) is 0.574. The molecule has 0 bridgehead atoms. The molecule has 9 nitrogen and oxygen atoms in total. The summed E-state index contributed by atoms with van der Waals surface area (Å²) in [5.74, 6) is -0.865. The van der Waals surface area contributed by atoms with Crippen LogP contribution < -0.4 is 4.89 Å². The number of likely N-dealkylation sites (N-methyl/N-ethyl adjacent to an activating group) is 1. The van der Waals surface area contributed by atoms with Crippen LogP contribution in [0.4, 0.5) is 0 Å². The second kappa shape index (κ2) is 81.2. The van der Waals surface area contributed by atoms with Crippen molar-refractivity contribution in [1.82, 2.24) is 0 Å². The Kier molecular flexibility index (Phi) is 76.5. The van der Waals surface area contributed by atoms with Crippen LogP contribution in [0.2, 0.25) is 0 Å². The van der Waals surface area contributed by atoms with Crippen LogP contribution in [0.5, 0.6) is 0 Å². The quantitative estimate of drug-likeness (QED) is 0.0195. The third-order valence-electron chi connectivity index (χ3n) is 16.7. The molecule has 0 aromatic rings. The maximum Gasteiger partial charge on any atom is 0.306 e. The molecule has 2 atom stereocenters. The molecular formula is C94H150NO8P. The number of unbranched alkanes of at least 4 members (excludes halogenated alkanes) is 21. The van der Waals surface area contributed by atoms with Crippen LogP contribution in [-0.2, 0) is 32.7 Å². The van der Waals surface area contributed by atoms with Gasteiger partial charge in [-0.25, -0.2) is 0 Å². The van der Waals surface area contributed by atoms with E-state index in [0.717, 1.165) is 180 Å². The Morgan fingerprint density at radius 2 is 0.519 bits per heavy atom. The van der Waals surface area contributed by atoms with E-state index in [4.69, 9.17) is 18.5 Å². The number of phosphoric ester groups is 1. The van der Waals surface area contributed by atoms with E-state index in [1.54, 1.807) is 0 Å². The summed E-state index contributed by atoms with van der Waals surface area (Å²) < 4.78 is 34.4. The van der Waals surface area contributed by atoms with Crippen LogP contribution >= 0.6 is 7.82 Å². The van der Waals surface area contributed by atoms with Gasteiger partial charge in [0.1, 0.15) is 19.8 Å². The molecule has 0 spiro atoms. The Balaban J connectivity index is 4.09. The Hall–Kier alpha value is -5.93. The van der Waals surface area contributed by atoms with Crippen molar-refractivity contribution in [2.24, 2.45) is 0 Å². The lowest BCUT2D eigenvalue weighted by molar-refractivity contribution is -0.870. The summed E-state index contributed by atoms with van der Waals surface area (Å²) in [6.07, 6.45) is 130. The first kappa shape index (κ1) is 98.1. The SMILES string of the molecule is CC/C=C\C/C=C\C/C=C\C/C=C\C/C=C\C/C=C\C/C=C\C/C=C\C/C=C\C/C=C\C/C=C\CCCCCCCC(=O)OC(COC(=O)CCCCCCCCCCCCCCCCCC/C=C\C/C=C\C/C=C\C/C=C\C/C=C\C/C=C\C/C=C\C/C=C\CC)COP(=O)([O-])OCC[N+](C)(C)C. The molecule has 0 N–H and O–H groups in total. The molecule has 0 saturated heterocycles.